The summed E-state index contributed by atoms with van der Waals surface area (Å²) in [6, 6.07) is 0.479. The number of rotatable bonds is 8. The number of carbonyl (C=O) groups excluding carboxylic acids is 1. The lowest BCUT2D eigenvalue weighted by Gasteiger charge is -2.24. The van der Waals surface area contributed by atoms with Crippen LogP contribution in [0.25, 0.3) is 0 Å². The minimum absolute atomic E-state index is 0.373. The van der Waals surface area contributed by atoms with E-state index >= 15 is 0 Å². The smallest absolute Gasteiger partial charge is 0.222 e. The van der Waals surface area contributed by atoms with Crippen molar-refractivity contribution < 1.29 is 4.79 Å². The molecule has 1 saturated heterocycles. The molecule has 1 aliphatic heterocycles. The molecule has 0 aliphatic carbocycles. The van der Waals surface area contributed by atoms with Crippen molar-refractivity contribution in [3.63, 3.8) is 0 Å². The van der Waals surface area contributed by atoms with E-state index in [1.54, 1.807) is 0 Å². The number of carbonyl (C=O) groups is 1. The van der Waals surface area contributed by atoms with Gasteiger partial charge in [0.15, 0.2) is 0 Å². The van der Waals surface area contributed by atoms with E-state index in [1.165, 1.54) is 32.1 Å². The minimum Gasteiger partial charge on any atom is -0.340 e. The fourth-order valence-electron chi connectivity index (χ4n) is 2.62. The summed E-state index contributed by atoms with van der Waals surface area (Å²) in [4.78, 5) is 14.2. The van der Waals surface area contributed by atoms with Crippen LogP contribution in [0.5, 0.6) is 0 Å². The minimum atomic E-state index is 0.373. The number of hydrogen-bond acceptors (Lipinski definition) is 1. The molecule has 0 spiro atoms. The van der Waals surface area contributed by atoms with E-state index in [1.807, 2.05) is 0 Å². The Morgan fingerprint density at radius 2 is 2.12 bits per heavy atom. The molecule has 0 N–H and O–H groups in total. The highest BCUT2D eigenvalue weighted by Gasteiger charge is 2.27. The Kier molecular flexibility index (Phi) is 7.67. The van der Waals surface area contributed by atoms with Crippen LogP contribution in [0, 0.1) is 0 Å². The van der Waals surface area contributed by atoms with Crippen molar-refractivity contribution in [1.29, 1.82) is 0 Å². The highest BCUT2D eigenvalue weighted by molar-refractivity contribution is 6.17. The molecule has 1 atom stereocenters. The Morgan fingerprint density at radius 1 is 1.29 bits per heavy atom. The summed E-state index contributed by atoms with van der Waals surface area (Å²) in [6.07, 6.45) is 9.96. The van der Waals surface area contributed by atoms with Crippen molar-refractivity contribution in [3.05, 3.63) is 0 Å². The molecule has 1 aliphatic rings. The predicted octanol–water partition coefficient (Wildman–Crippen LogP) is 3.97. The first-order valence-corrected chi connectivity index (χ1v) is 7.68. The van der Waals surface area contributed by atoms with Crippen molar-refractivity contribution in [2.45, 2.75) is 70.8 Å². The standard InChI is InChI=1S/C14H26ClNO/c1-2-3-4-5-10-14(17)16-12-7-9-13(16)8-6-11-15/h13H,2-12H2,1H3. The summed E-state index contributed by atoms with van der Waals surface area (Å²) >= 11 is 5.72. The van der Waals surface area contributed by atoms with E-state index in [2.05, 4.69) is 11.8 Å². The first-order valence-electron chi connectivity index (χ1n) is 7.15. The summed E-state index contributed by atoms with van der Waals surface area (Å²) in [5.41, 5.74) is 0. The third kappa shape index (κ3) is 5.29. The molecule has 1 amide bonds. The Labute approximate surface area is 111 Å². The van der Waals surface area contributed by atoms with E-state index < -0.39 is 0 Å². The van der Waals surface area contributed by atoms with Crippen LogP contribution >= 0.6 is 11.6 Å². The molecule has 0 aromatic rings. The number of unbranched alkanes of at least 4 members (excludes halogenated alkanes) is 3. The lowest BCUT2D eigenvalue weighted by atomic mass is 10.1. The Bertz CT molecular complexity index is 220. The van der Waals surface area contributed by atoms with Gasteiger partial charge in [-0.1, -0.05) is 26.2 Å². The average molecular weight is 260 g/mol. The third-order valence-corrected chi connectivity index (χ3v) is 3.88. The number of nitrogens with zero attached hydrogens (tertiary/aromatic N) is 1. The maximum absolute atomic E-state index is 12.1. The number of amides is 1. The van der Waals surface area contributed by atoms with Crippen LogP contribution in [0.15, 0.2) is 0 Å². The molecule has 1 unspecified atom stereocenters. The van der Waals surface area contributed by atoms with Gasteiger partial charge in [-0.05, 0) is 32.1 Å². The molecule has 3 heteroatoms. The molecular formula is C14H26ClNO. The monoisotopic (exact) mass is 259 g/mol. The average Bonchev–Trinajstić information content (AvgIpc) is 2.80. The van der Waals surface area contributed by atoms with Gasteiger partial charge in [0, 0.05) is 24.9 Å². The normalized spacial score (nSPS) is 19.9. The van der Waals surface area contributed by atoms with Gasteiger partial charge in [0.05, 0.1) is 0 Å². The Balaban J connectivity index is 2.24. The molecule has 0 aromatic carbocycles. The van der Waals surface area contributed by atoms with Gasteiger partial charge < -0.3 is 4.90 Å². The first kappa shape index (κ1) is 14.8. The molecule has 0 aromatic heterocycles. The van der Waals surface area contributed by atoms with Crippen molar-refractivity contribution in [1.82, 2.24) is 4.90 Å². The molecule has 100 valence electrons. The quantitative estimate of drug-likeness (QED) is 0.477. The first-order chi connectivity index (χ1) is 8.29. The molecule has 0 saturated carbocycles. The van der Waals surface area contributed by atoms with Gasteiger partial charge in [-0.15, -0.1) is 11.6 Å². The van der Waals surface area contributed by atoms with Crippen LogP contribution in [-0.4, -0.2) is 29.3 Å². The summed E-state index contributed by atoms with van der Waals surface area (Å²) in [6.45, 7) is 3.17. The van der Waals surface area contributed by atoms with E-state index in [9.17, 15) is 4.79 Å². The number of hydrogen-bond donors (Lipinski definition) is 0. The van der Waals surface area contributed by atoms with Gasteiger partial charge in [0.25, 0.3) is 0 Å². The lowest BCUT2D eigenvalue weighted by molar-refractivity contribution is -0.132. The van der Waals surface area contributed by atoms with E-state index in [-0.39, 0.29) is 0 Å². The van der Waals surface area contributed by atoms with Gasteiger partial charge >= 0.3 is 0 Å². The van der Waals surface area contributed by atoms with E-state index in [4.69, 9.17) is 11.6 Å². The number of likely N-dealkylation sites (tertiary alicyclic amines) is 1. The van der Waals surface area contributed by atoms with Gasteiger partial charge in [-0.2, -0.15) is 0 Å². The van der Waals surface area contributed by atoms with Gasteiger partial charge in [-0.25, -0.2) is 0 Å². The second-order valence-corrected chi connectivity index (χ2v) is 5.40. The van der Waals surface area contributed by atoms with E-state index in [0.29, 0.717) is 11.9 Å². The van der Waals surface area contributed by atoms with Gasteiger partial charge in [0.1, 0.15) is 0 Å². The molecule has 1 fully saturated rings. The second kappa shape index (κ2) is 8.79. The largest absolute Gasteiger partial charge is 0.340 e. The lowest BCUT2D eigenvalue weighted by Crippen LogP contribution is -2.35. The van der Waals surface area contributed by atoms with Crippen LogP contribution in [0.1, 0.15) is 64.7 Å². The van der Waals surface area contributed by atoms with Crippen molar-refractivity contribution in [2.75, 3.05) is 12.4 Å². The summed E-state index contributed by atoms with van der Waals surface area (Å²) in [5.74, 6) is 1.09. The van der Waals surface area contributed by atoms with Crippen LogP contribution in [-0.2, 0) is 4.79 Å². The Hall–Kier alpha value is -0.240. The van der Waals surface area contributed by atoms with Crippen molar-refractivity contribution >= 4 is 17.5 Å². The van der Waals surface area contributed by atoms with Crippen LogP contribution in [0.4, 0.5) is 0 Å². The molecule has 17 heavy (non-hydrogen) atoms. The van der Waals surface area contributed by atoms with Crippen LogP contribution < -0.4 is 0 Å². The fourth-order valence-corrected chi connectivity index (χ4v) is 2.78. The van der Waals surface area contributed by atoms with Crippen molar-refractivity contribution in [3.8, 4) is 0 Å². The topological polar surface area (TPSA) is 20.3 Å². The SMILES string of the molecule is CCCCCCC(=O)N1CCCC1CCCCl. The number of halogens is 1. The van der Waals surface area contributed by atoms with Gasteiger partial charge in [-0.3, -0.25) is 4.79 Å². The Morgan fingerprint density at radius 3 is 2.82 bits per heavy atom. The molecular weight excluding hydrogens is 234 g/mol. The molecule has 1 rings (SSSR count). The zero-order valence-electron chi connectivity index (χ0n) is 11.1. The zero-order valence-corrected chi connectivity index (χ0v) is 11.8. The summed E-state index contributed by atoms with van der Waals surface area (Å²) in [5, 5.41) is 0. The molecule has 0 bridgehead atoms. The highest BCUT2D eigenvalue weighted by Crippen LogP contribution is 2.23. The highest BCUT2D eigenvalue weighted by atomic mass is 35.5. The summed E-state index contributed by atoms with van der Waals surface area (Å²) < 4.78 is 0. The fraction of sp³-hybridized carbons (Fsp3) is 0.929. The maximum atomic E-state index is 12.1. The van der Waals surface area contributed by atoms with E-state index in [0.717, 1.165) is 38.1 Å². The van der Waals surface area contributed by atoms with Gasteiger partial charge in [0.2, 0.25) is 5.91 Å². The summed E-state index contributed by atoms with van der Waals surface area (Å²) in [7, 11) is 0. The molecule has 1 heterocycles. The number of alkyl halides is 1. The predicted molar refractivity (Wildman–Crippen MR) is 73.4 cm³/mol. The molecule has 0 radical (unpaired) electrons. The maximum Gasteiger partial charge on any atom is 0.222 e. The van der Waals surface area contributed by atoms with Crippen molar-refractivity contribution in [2.24, 2.45) is 0 Å². The second-order valence-electron chi connectivity index (χ2n) is 5.03. The molecule has 2 nitrogen and oxygen atoms in total. The van der Waals surface area contributed by atoms with Crippen LogP contribution in [0.3, 0.4) is 0 Å². The third-order valence-electron chi connectivity index (χ3n) is 3.61. The zero-order chi connectivity index (χ0) is 12.5. The van der Waals surface area contributed by atoms with Crippen LogP contribution in [0.2, 0.25) is 0 Å².